The molecule has 1 heterocycles. The fourth-order valence-corrected chi connectivity index (χ4v) is 3.08. The number of aromatic nitrogens is 2. The topological polar surface area (TPSA) is 47.4 Å². The molecule has 22 heavy (non-hydrogen) atoms. The number of fused-ring (bicyclic) bond motifs is 1. The molecule has 0 atom stereocenters. The predicted molar refractivity (Wildman–Crippen MR) is 90.8 cm³/mol. The van der Waals surface area contributed by atoms with E-state index < -0.39 is 0 Å². The van der Waals surface area contributed by atoms with Gasteiger partial charge in [-0.3, -0.25) is 0 Å². The van der Waals surface area contributed by atoms with E-state index in [1.807, 2.05) is 24.3 Å². The SMILES string of the molecule is CO/N=C1/CC(C)(C)Cc2nnc(-c3ccc(Br)cc3)cc21. The van der Waals surface area contributed by atoms with Crippen molar-refractivity contribution in [3.05, 3.63) is 46.1 Å². The number of benzene rings is 1. The Hall–Kier alpha value is -1.75. The highest BCUT2D eigenvalue weighted by atomic mass is 79.9. The molecule has 4 nitrogen and oxygen atoms in total. The van der Waals surface area contributed by atoms with E-state index in [2.05, 4.69) is 51.2 Å². The zero-order valence-corrected chi connectivity index (χ0v) is 14.5. The van der Waals surface area contributed by atoms with E-state index in [4.69, 9.17) is 4.84 Å². The van der Waals surface area contributed by atoms with Gasteiger partial charge in [0.1, 0.15) is 7.11 Å². The molecule has 0 unspecified atom stereocenters. The number of halogens is 1. The van der Waals surface area contributed by atoms with Gasteiger partial charge in [0.25, 0.3) is 0 Å². The lowest BCUT2D eigenvalue weighted by molar-refractivity contribution is 0.210. The molecule has 0 N–H and O–H groups in total. The summed E-state index contributed by atoms with van der Waals surface area (Å²) in [4.78, 5) is 5.03. The Morgan fingerprint density at radius 1 is 1.14 bits per heavy atom. The van der Waals surface area contributed by atoms with Gasteiger partial charge in [0.05, 0.1) is 17.1 Å². The van der Waals surface area contributed by atoms with Crippen molar-refractivity contribution in [2.24, 2.45) is 10.6 Å². The first-order valence-corrected chi connectivity index (χ1v) is 8.01. The van der Waals surface area contributed by atoms with E-state index >= 15 is 0 Å². The Labute approximate surface area is 138 Å². The van der Waals surface area contributed by atoms with Crippen LogP contribution >= 0.6 is 15.9 Å². The summed E-state index contributed by atoms with van der Waals surface area (Å²) in [6.07, 6.45) is 1.78. The number of hydrogen-bond donors (Lipinski definition) is 0. The van der Waals surface area contributed by atoms with Gasteiger partial charge in [-0.25, -0.2) is 0 Å². The van der Waals surface area contributed by atoms with Crippen molar-refractivity contribution >= 4 is 21.6 Å². The van der Waals surface area contributed by atoms with Gasteiger partial charge in [-0.1, -0.05) is 47.1 Å². The molecule has 0 aliphatic heterocycles. The van der Waals surface area contributed by atoms with Crippen LogP contribution in [-0.4, -0.2) is 23.0 Å². The fourth-order valence-electron chi connectivity index (χ4n) is 2.82. The van der Waals surface area contributed by atoms with Crippen molar-refractivity contribution in [3.63, 3.8) is 0 Å². The average Bonchev–Trinajstić information content (AvgIpc) is 2.47. The van der Waals surface area contributed by atoms with Crippen molar-refractivity contribution in [3.8, 4) is 11.3 Å². The molecule has 0 saturated heterocycles. The van der Waals surface area contributed by atoms with Crippen LogP contribution in [0.5, 0.6) is 0 Å². The summed E-state index contributed by atoms with van der Waals surface area (Å²) in [6.45, 7) is 4.43. The summed E-state index contributed by atoms with van der Waals surface area (Å²) in [5.41, 5.74) is 5.01. The molecule has 1 aliphatic carbocycles. The monoisotopic (exact) mass is 359 g/mol. The van der Waals surface area contributed by atoms with E-state index in [0.717, 1.165) is 45.5 Å². The summed E-state index contributed by atoms with van der Waals surface area (Å²) >= 11 is 3.45. The molecule has 3 rings (SSSR count). The van der Waals surface area contributed by atoms with Crippen LogP contribution in [0.15, 0.2) is 40.0 Å². The molecule has 0 bridgehead atoms. The molecule has 0 fully saturated rings. The molecular formula is C17H18BrN3O. The summed E-state index contributed by atoms with van der Waals surface area (Å²) < 4.78 is 1.05. The second kappa shape index (κ2) is 5.80. The van der Waals surface area contributed by atoms with E-state index in [-0.39, 0.29) is 5.41 Å². The van der Waals surface area contributed by atoms with Crippen molar-refractivity contribution in [1.29, 1.82) is 0 Å². The van der Waals surface area contributed by atoms with E-state index in [9.17, 15) is 0 Å². The summed E-state index contributed by atoms with van der Waals surface area (Å²) in [5.74, 6) is 0. The number of oxime groups is 1. The van der Waals surface area contributed by atoms with Gasteiger partial charge in [0.15, 0.2) is 0 Å². The first-order chi connectivity index (χ1) is 10.5. The Morgan fingerprint density at radius 3 is 2.55 bits per heavy atom. The molecule has 0 radical (unpaired) electrons. The first-order valence-electron chi connectivity index (χ1n) is 7.21. The Balaban J connectivity index is 2.07. The molecular weight excluding hydrogens is 342 g/mol. The van der Waals surface area contributed by atoms with Gasteiger partial charge in [-0.05, 0) is 36.5 Å². The third-order valence-electron chi connectivity index (χ3n) is 3.81. The van der Waals surface area contributed by atoms with Crippen LogP contribution in [0.3, 0.4) is 0 Å². The summed E-state index contributed by atoms with van der Waals surface area (Å²) in [5, 5.41) is 13.0. The summed E-state index contributed by atoms with van der Waals surface area (Å²) in [6, 6.07) is 10.1. The molecule has 1 aromatic carbocycles. The van der Waals surface area contributed by atoms with Gasteiger partial charge in [0.2, 0.25) is 0 Å². The third kappa shape index (κ3) is 3.04. The zero-order chi connectivity index (χ0) is 15.7. The molecule has 0 amide bonds. The highest BCUT2D eigenvalue weighted by Crippen LogP contribution is 2.35. The highest BCUT2D eigenvalue weighted by molar-refractivity contribution is 9.10. The van der Waals surface area contributed by atoms with Crippen LogP contribution in [0.4, 0.5) is 0 Å². The van der Waals surface area contributed by atoms with Crippen LogP contribution in [0, 0.1) is 5.41 Å². The molecule has 0 saturated carbocycles. The van der Waals surface area contributed by atoms with Gasteiger partial charge < -0.3 is 4.84 Å². The Kier molecular flexibility index (Phi) is 4.00. The molecule has 1 aromatic heterocycles. The third-order valence-corrected chi connectivity index (χ3v) is 4.34. The lowest BCUT2D eigenvalue weighted by Gasteiger charge is -2.30. The average molecular weight is 360 g/mol. The van der Waals surface area contributed by atoms with Crippen LogP contribution in [0.25, 0.3) is 11.3 Å². The van der Waals surface area contributed by atoms with Crippen LogP contribution in [0.2, 0.25) is 0 Å². The number of hydrogen-bond acceptors (Lipinski definition) is 4. The van der Waals surface area contributed by atoms with Crippen LogP contribution in [0.1, 0.15) is 31.5 Å². The van der Waals surface area contributed by atoms with Crippen molar-refractivity contribution < 1.29 is 4.84 Å². The summed E-state index contributed by atoms with van der Waals surface area (Å²) in [7, 11) is 1.58. The normalized spacial score (nSPS) is 18.1. The maximum atomic E-state index is 5.03. The highest BCUT2D eigenvalue weighted by Gasteiger charge is 2.31. The maximum absolute atomic E-state index is 5.03. The van der Waals surface area contributed by atoms with Gasteiger partial charge in [-0.2, -0.15) is 10.2 Å². The van der Waals surface area contributed by atoms with E-state index in [1.54, 1.807) is 7.11 Å². The lowest BCUT2D eigenvalue weighted by atomic mass is 9.75. The maximum Gasteiger partial charge on any atom is 0.106 e. The van der Waals surface area contributed by atoms with Crippen molar-refractivity contribution in [2.75, 3.05) is 7.11 Å². The smallest absolute Gasteiger partial charge is 0.106 e. The standard InChI is InChI=1S/C17H18BrN3O/c1-17(2)9-15-13(16(10-17)21-22-3)8-14(19-20-15)11-4-6-12(18)7-5-11/h4-8H,9-10H2,1-3H3/b21-16-. The van der Waals surface area contributed by atoms with E-state index in [1.165, 1.54) is 0 Å². The minimum Gasteiger partial charge on any atom is -0.399 e. The van der Waals surface area contributed by atoms with Gasteiger partial charge in [0, 0.05) is 15.6 Å². The van der Waals surface area contributed by atoms with Gasteiger partial charge in [-0.15, -0.1) is 0 Å². The zero-order valence-electron chi connectivity index (χ0n) is 12.9. The minimum atomic E-state index is 0.123. The first kappa shape index (κ1) is 15.2. The predicted octanol–water partition coefficient (Wildman–Crippen LogP) is 4.23. The second-order valence-electron chi connectivity index (χ2n) is 6.34. The van der Waals surface area contributed by atoms with Crippen LogP contribution in [-0.2, 0) is 11.3 Å². The lowest BCUT2D eigenvalue weighted by Crippen LogP contribution is -2.29. The van der Waals surface area contributed by atoms with Crippen LogP contribution < -0.4 is 0 Å². The van der Waals surface area contributed by atoms with Gasteiger partial charge >= 0.3 is 0 Å². The largest absolute Gasteiger partial charge is 0.399 e. The minimum absolute atomic E-state index is 0.123. The molecule has 2 aromatic rings. The fraction of sp³-hybridized carbons (Fsp3) is 0.353. The van der Waals surface area contributed by atoms with Crippen molar-refractivity contribution in [2.45, 2.75) is 26.7 Å². The molecule has 114 valence electrons. The Bertz CT molecular complexity index is 723. The molecule has 5 heteroatoms. The number of rotatable bonds is 2. The molecule has 0 spiro atoms. The molecule has 1 aliphatic rings. The van der Waals surface area contributed by atoms with Crippen molar-refractivity contribution in [1.82, 2.24) is 10.2 Å². The number of nitrogens with zero attached hydrogens (tertiary/aromatic N) is 3. The second-order valence-corrected chi connectivity index (χ2v) is 7.25. The van der Waals surface area contributed by atoms with E-state index in [0.29, 0.717) is 0 Å². The Morgan fingerprint density at radius 2 is 1.86 bits per heavy atom. The quantitative estimate of drug-likeness (QED) is 0.753.